The Labute approximate surface area is 223 Å². The highest BCUT2D eigenvalue weighted by molar-refractivity contribution is 6.31. The zero-order valence-electron chi connectivity index (χ0n) is 20.6. The molecule has 0 spiro atoms. The number of primary amides is 1. The van der Waals surface area contributed by atoms with Gasteiger partial charge in [-0.3, -0.25) is 4.79 Å². The predicted molar refractivity (Wildman–Crippen MR) is 143 cm³/mol. The second-order valence-corrected chi connectivity index (χ2v) is 10.1. The molecule has 0 aliphatic heterocycles. The lowest BCUT2D eigenvalue weighted by atomic mass is 9.85. The molecule has 0 saturated heterocycles. The minimum atomic E-state index is -0.872. The summed E-state index contributed by atoms with van der Waals surface area (Å²) in [5.41, 5.74) is 6.93. The molecule has 1 unspecified atom stereocenters. The molecule has 36 heavy (non-hydrogen) atoms. The summed E-state index contributed by atoms with van der Waals surface area (Å²) < 4.78 is 10.8. The van der Waals surface area contributed by atoms with Gasteiger partial charge in [-0.2, -0.15) is 0 Å². The van der Waals surface area contributed by atoms with Gasteiger partial charge in [-0.25, -0.2) is 4.79 Å². The molecule has 2 aromatic carbocycles. The van der Waals surface area contributed by atoms with E-state index >= 15 is 0 Å². The molecule has 1 aliphatic carbocycles. The highest BCUT2D eigenvalue weighted by Gasteiger charge is 2.21. The van der Waals surface area contributed by atoms with E-state index in [1.807, 2.05) is 19.2 Å². The summed E-state index contributed by atoms with van der Waals surface area (Å²) in [5.74, 6) is 0.504. The van der Waals surface area contributed by atoms with Crippen molar-refractivity contribution in [2.45, 2.75) is 50.7 Å². The van der Waals surface area contributed by atoms with Crippen molar-refractivity contribution in [2.24, 2.45) is 11.7 Å². The van der Waals surface area contributed by atoms with Crippen molar-refractivity contribution in [1.29, 1.82) is 0 Å². The van der Waals surface area contributed by atoms with Gasteiger partial charge in [0.25, 0.3) is 5.91 Å². The second-order valence-electron chi connectivity index (χ2n) is 9.18. The Morgan fingerprint density at radius 1 is 1.03 bits per heavy atom. The minimum absolute atomic E-state index is 0.00723. The predicted octanol–water partition coefficient (Wildman–Crippen LogP) is 5.48. The van der Waals surface area contributed by atoms with E-state index in [1.54, 1.807) is 30.3 Å². The van der Waals surface area contributed by atoms with Gasteiger partial charge in [0.2, 0.25) is 0 Å². The third-order valence-electron chi connectivity index (χ3n) is 6.51. The Morgan fingerprint density at radius 3 is 2.47 bits per heavy atom. The highest BCUT2D eigenvalue weighted by Crippen LogP contribution is 2.31. The van der Waals surface area contributed by atoms with E-state index in [9.17, 15) is 9.59 Å². The molecule has 1 saturated carbocycles. The van der Waals surface area contributed by atoms with Gasteiger partial charge >= 0.3 is 6.09 Å². The van der Waals surface area contributed by atoms with E-state index in [2.05, 4.69) is 10.6 Å². The summed E-state index contributed by atoms with van der Waals surface area (Å²) in [6.45, 7) is 0.623. The van der Waals surface area contributed by atoms with Crippen molar-refractivity contribution in [3.63, 3.8) is 0 Å². The standard InChI is InChI=1S/C27H35Cl2N3O4/c1-31-24(12-18-6-3-2-4-7-18)17-32-26(33)21-13-20(15-23(29)16-21)25(35-10-11-36-27(30)34)19-8-5-9-22(28)14-19/h5,8-9,13-16,18,24-25,31H,2-4,6-7,10-12,17H2,1H3,(H2,30,34)(H,32,33)/t24-,25?/m0/s1. The fraction of sp³-hybridized carbons (Fsp3) is 0.481. The molecule has 3 rings (SSSR count). The molecule has 0 bridgehead atoms. The molecule has 2 atom stereocenters. The topological polar surface area (TPSA) is 103 Å². The number of amides is 2. The van der Waals surface area contributed by atoms with Crippen LogP contribution in [0.5, 0.6) is 0 Å². The van der Waals surface area contributed by atoms with Crippen LogP contribution < -0.4 is 16.4 Å². The van der Waals surface area contributed by atoms with Crippen LogP contribution in [0, 0.1) is 5.92 Å². The molecule has 1 fully saturated rings. The number of benzene rings is 2. The van der Waals surface area contributed by atoms with E-state index in [-0.39, 0.29) is 25.2 Å². The number of ether oxygens (including phenoxy) is 2. The van der Waals surface area contributed by atoms with Crippen LogP contribution in [0.3, 0.4) is 0 Å². The molecule has 9 heteroatoms. The van der Waals surface area contributed by atoms with Crippen molar-refractivity contribution in [2.75, 3.05) is 26.8 Å². The van der Waals surface area contributed by atoms with Gasteiger partial charge in [-0.15, -0.1) is 0 Å². The van der Waals surface area contributed by atoms with Gasteiger partial charge in [0.15, 0.2) is 0 Å². The molecule has 2 amide bonds. The van der Waals surface area contributed by atoms with Crippen LogP contribution in [-0.2, 0) is 9.47 Å². The van der Waals surface area contributed by atoms with Crippen LogP contribution in [0.15, 0.2) is 42.5 Å². The molecular weight excluding hydrogens is 501 g/mol. The summed E-state index contributed by atoms with van der Waals surface area (Å²) >= 11 is 12.6. The summed E-state index contributed by atoms with van der Waals surface area (Å²) in [7, 11) is 1.94. The lowest BCUT2D eigenvalue weighted by Gasteiger charge is -2.26. The van der Waals surface area contributed by atoms with Crippen LogP contribution >= 0.6 is 23.2 Å². The lowest BCUT2D eigenvalue weighted by molar-refractivity contribution is 0.0422. The number of carbonyl (C=O) groups excluding carboxylic acids is 2. The fourth-order valence-corrected chi connectivity index (χ4v) is 5.15. The average Bonchev–Trinajstić information content (AvgIpc) is 2.86. The van der Waals surface area contributed by atoms with Crippen LogP contribution in [0.25, 0.3) is 0 Å². The Kier molecular flexibility index (Phi) is 11.3. The Morgan fingerprint density at radius 2 is 1.78 bits per heavy atom. The lowest BCUT2D eigenvalue weighted by Crippen LogP contribution is -2.40. The number of hydrogen-bond donors (Lipinski definition) is 3. The third kappa shape index (κ3) is 8.96. The zero-order chi connectivity index (χ0) is 25.9. The first-order valence-electron chi connectivity index (χ1n) is 12.4. The van der Waals surface area contributed by atoms with Gasteiger partial charge in [-0.05, 0) is 60.8 Å². The average molecular weight is 537 g/mol. The highest BCUT2D eigenvalue weighted by atomic mass is 35.5. The van der Waals surface area contributed by atoms with Crippen LogP contribution in [0.4, 0.5) is 4.79 Å². The molecule has 196 valence electrons. The summed E-state index contributed by atoms with van der Waals surface area (Å²) in [6.07, 6.45) is 6.04. The Hall–Kier alpha value is -2.32. The maximum atomic E-state index is 13.1. The van der Waals surface area contributed by atoms with Gasteiger partial charge < -0.3 is 25.8 Å². The van der Waals surface area contributed by atoms with Gasteiger partial charge in [0.1, 0.15) is 12.7 Å². The third-order valence-corrected chi connectivity index (χ3v) is 6.96. The molecule has 0 radical (unpaired) electrons. The number of hydrogen-bond acceptors (Lipinski definition) is 5. The molecule has 0 aromatic heterocycles. The smallest absolute Gasteiger partial charge is 0.404 e. The monoisotopic (exact) mass is 535 g/mol. The van der Waals surface area contributed by atoms with Crippen LogP contribution in [-0.4, -0.2) is 44.8 Å². The largest absolute Gasteiger partial charge is 0.447 e. The van der Waals surface area contributed by atoms with Crippen molar-refractivity contribution in [3.8, 4) is 0 Å². The fourth-order valence-electron chi connectivity index (χ4n) is 4.70. The number of nitrogens with two attached hydrogens (primary N) is 1. The van der Waals surface area contributed by atoms with E-state index in [4.69, 9.17) is 38.4 Å². The molecular formula is C27H35Cl2N3O4. The van der Waals surface area contributed by atoms with Gasteiger partial charge in [0, 0.05) is 28.2 Å². The Balaban J connectivity index is 1.72. The van der Waals surface area contributed by atoms with Gasteiger partial charge in [-0.1, -0.05) is 67.4 Å². The normalized spacial score (nSPS) is 15.8. The van der Waals surface area contributed by atoms with Crippen molar-refractivity contribution in [1.82, 2.24) is 10.6 Å². The zero-order valence-corrected chi connectivity index (χ0v) is 22.1. The minimum Gasteiger partial charge on any atom is -0.447 e. The molecule has 1 aliphatic rings. The first kappa shape index (κ1) is 28.3. The summed E-state index contributed by atoms with van der Waals surface area (Å²) in [4.78, 5) is 24.0. The maximum absolute atomic E-state index is 13.1. The number of halogens is 2. The molecule has 0 heterocycles. The summed E-state index contributed by atoms with van der Waals surface area (Å²) in [6, 6.07) is 12.6. The molecule has 7 nitrogen and oxygen atoms in total. The van der Waals surface area contributed by atoms with Crippen molar-refractivity contribution in [3.05, 3.63) is 69.2 Å². The molecule has 4 N–H and O–H groups in total. The Bertz CT molecular complexity index is 1010. The van der Waals surface area contributed by atoms with Gasteiger partial charge in [0.05, 0.1) is 6.61 Å². The van der Waals surface area contributed by atoms with E-state index < -0.39 is 12.2 Å². The summed E-state index contributed by atoms with van der Waals surface area (Å²) in [5, 5.41) is 7.35. The second kappa shape index (κ2) is 14.4. The van der Waals surface area contributed by atoms with E-state index in [0.717, 1.165) is 12.0 Å². The molecule has 2 aromatic rings. The quantitative estimate of drug-likeness (QED) is 0.312. The van der Waals surface area contributed by atoms with E-state index in [1.165, 1.54) is 32.1 Å². The SMILES string of the molecule is CN[C@H](CNC(=O)c1cc(Cl)cc(C(OCCOC(N)=O)c2cccc(Cl)c2)c1)CC1CCCCC1. The van der Waals surface area contributed by atoms with E-state index in [0.29, 0.717) is 33.6 Å². The number of carbonyl (C=O) groups is 2. The van der Waals surface area contributed by atoms with Crippen LogP contribution in [0.1, 0.15) is 66.1 Å². The first-order valence-corrected chi connectivity index (χ1v) is 13.2. The number of rotatable bonds is 12. The van der Waals surface area contributed by atoms with Crippen molar-refractivity contribution >= 4 is 35.2 Å². The first-order chi connectivity index (χ1) is 17.4. The number of likely N-dealkylation sites (N-methyl/N-ethyl adjacent to an activating group) is 1. The maximum Gasteiger partial charge on any atom is 0.404 e. The number of nitrogens with one attached hydrogen (secondary N) is 2. The van der Waals surface area contributed by atoms with Crippen molar-refractivity contribution < 1.29 is 19.1 Å². The van der Waals surface area contributed by atoms with Crippen LogP contribution in [0.2, 0.25) is 10.0 Å².